The molecule has 3 rings (SSSR count). The predicted octanol–water partition coefficient (Wildman–Crippen LogP) is 2.68. The fourth-order valence-electron chi connectivity index (χ4n) is 2.65. The fourth-order valence-corrected chi connectivity index (χ4v) is 2.65. The van der Waals surface area contributed by atoms with E-state index < -0.39 is 0 Å². The van der Waals surface area contributed by atoms with E-state index in [0.29, 0.717) is 17.7 Å². The van der Waals surface area contributed by atoms with Crippen LogP contribution in [-0.4, -0.2) is 33.2 Å². The van der Waals surface area contributed by atoms with E-state index >= 15 is 0 Å². The predicted molar refractivity (Wildman–Crippen MR) is 79.3 cm³/mol. The van der Waals surface area contributed by atoms with Crippen LogP contribution in [0, 0.1) is 6.92 Å². The zero-order chi connectivity index (χ0) is 14.8. The van der Waals surface area contributed by atoms with Crippen molar-refractivity contribution in [2.24, 2.45) is 0 Å². The van der Waals surface area contributed by atoms with Crippen molar-refractivity contribution in [3.8, 4) is 0 Å². The highest BCUT2D eigenvalue weighted by atomic mass is 16.5. The van der Waals surface area contributed by atoms with Crippen molar-refractivity contribution >= 4 is 5.82 Å². The Morgan fingerprint density at radius 2 is 2.00 bits per heavy atom. The Morgan fingerprint density at radius 1 is 1.24 bits per heavy atom. The second-order valence-electron chi connectivity index (χ2n) is 5.87. The first kappa shape index (κ1) is 14.0. The molecule has 0 aromatic carbocycles. The highest BCUT2D eigenvalue weighted by Gasteiger charge is 2.25. The van der Waals surface area contributed by atoms with Gasteiger partial charge in [-0.3, -0.25) is 0 Å². The maximum absolute atomic E-state index is 5.29. The van der Waals surface area contributed by atoms with E-state index in [-0.39, 0.29) is 0 Å². The number of anilines is 1. The quantitative estimate of drug-likeness (QED) is 0.864. The van der Waals surface area contributed by atoms with Crippen molar-refractivity contribution in [1.82, 2.24) is 20.1 Å². The number of nitrogens with zero attached hydrogens (tertiary/aromatic N) is 5. The van der Waals surface area contributed by atoms with Gasteiger partial charge in [0.05, 0.1) is 0 Å². The van der Waals surface area contributed by atoms with Crippen molar-refractivity contribution in [3.05, 3.63) is 29.8 Å². The van der Waals surface area contributed by atoms with Crippen LogP contribution in [0.1, 0.15) is 56.1 Å². The molecule has 6 heteroatoms. The molecule has 6 nitrogen and oxygen atoms in total. The smallest absolute Gasteiger partial charge is 0.229 e. The van der Waals surface area contributed by atoms with Crippen LogP contribution in [0.2, 0.25) is 0 Å². The van der Waals surface area contributed by atoms with Gasteiger partial charge in [0.2, 0.25) is 5.89 Å². The van der Waals surface area contributed by atoms with E-state index in [2.05, 4.69) is 38.9 Å². The second-order valence-corrected chi connectivity index (χ2v) is 5.87. The van der Waals surface area contributed by atoms with Crippen LogP contribution in [0.5, 0.6) is 0 Å². The van der Waals surface area contributed by atoms with E-state index in [1.54, 1.807) is 0 Å². The van der Waals surface area contributed by atoms with Crippen LogP contribution in [0.15, 0.2) is 16.8 Å². The molecule has 21 heavy (non-hydrogen) atoms. The molecule has 2 aromatic rings. The number of rotatable bonds is 3. The molecular weight excluding hydrogens is 266 g/mol. The number of aryl methyl sites for hydroxylation is 1. The Labute approximate surface area is 124 Å². The molecule has 1 aliphatic heterocycles. The lowest BCUT2D eigenvalue weighted by molar-refractivity contribution is 0.327. The standard InChI is InChI=1S/C15H21N5O/c1-10(2)14-16-7-4-13(18-14)20-8-5-12(6-9-20)15-17-11(3)19-21-15/h4,7,10,12H,5-6,8-9H2,1-3H3. The maximum atomic E-state index is 5.29. The number of hydrogen-bond acceptors (Lipinski definition) is 6. The molecule has 0 saturated carbocycles. The van der Waals surface area contributed by atoms with Gasteiger partial charge in [-0.15, -0.1) is 0 Å². The monoisotopic (exact) mass is 287 g/mol. The van der Waals surface area contributed by atoms with Gasteiger partial charge >= 0.3 is 0 Å². The zero-order valence-corrected chi connectivity index (χ0v) is 12.8. The topological polar surface area (TPSA) is 67.9 Å². The van der Waals surface area contributed by atoms with E-state index in [9.17, 15) is 0 Å². The van der Waals surface area contributed by atoms with Gasteiger partial charge in [0.25, 0.3) is 0 Å². The Kier molecular flexibility index (Phi) is 3.86. The Balaban J connectivity index is 1.67. The Morgan fingerprint density at radius 3 is 2.62 bits per heavy atom. The molecule has 1 saturated heterocycles. The lowest BCUT2D eigenvalue weighted by Gasteiger charge is -2.31. The van der Waals surface area contributed by atoms with Gasteiger partial charge in [-0.05, 0) is 25.8 Å². The molecule has 0 aliphatic carbocycles. The molecule has 0 radical (unpaired) electrons. The summed E-state index contributed by atoms with van der Waals surface area (Å²) in [7, 11) is 0. The minimum Gasteiger partial charge on any atom is -0.356 e. The summed E-state index contributed by atoms with van der Waals surface area (Å²) in [4.78, 5) is 15.6. The summed E-state index contributed by atoms with van der Waals surface area (Å²) in [5.41, 5.74) is 0. The number of aromatic nitrogens is 4. The van der Waals surface area contributed by atoms with Crippen molar-refractivity contribution in [2.75, 3.05) is 18.0 Å². The fraction of sp³-hybridized carbons (Fsp3) is 0.600. The minimum absolute atomic E-state index is 0.351. The normalized spacial score (nSPS) is 16.7. The molecule has 0 amide bonds. The van der Waals surface area contributed by atoms with Crippen LogP contribution >= 0.6 is 0 Å². The second kappa shape index (κ2) is 5.79. The highest BCUT2D eigenvalue weighted by molar-refractivity contribution is 5.38. The van der Waals surface area contributed by atoms with Gasteiger partial charge in [0.1, 0.15) is 11.6 Å². The first-order valence-electron chi connectivity index (χ1n) is 7.51. The summed E-state index contributed by atoms with van der Waals surface area (Å²) in [6, 6.07) is 1.99. The van der Waals surface area contributed by atoms with Crippen molar-refractivity contribution in [2.45, 2.75) is 45.4 Å². The molecule has 0 atom stereocenters. The molecule has 112 valence electrons. The molecule has 0 spiro atoms. The third-order valence-corrected chi connectivity index (χ3v) is 3.89. The van der Waals surface area contributed by atoms with Crippen LogP contribution < -0.4 is 4.90 Å². The zero-order valence-electron chi connectivity index (χ0n) is 12.8. The summed E-state index contributed by atoms with van der Waals surface area (Å²) in [5.74, 6) is 4.14. The van der Waals surface area contributed by atoms with Gasteiger partial charge in [-0.25, -0.2) is 9.97 Å². The average Bonchev–Trinajstić information content (AvgIpc) is 2.94. The van der Waals surface area contributed by atoms with E-state index in [0.717, 1.165) is 43.5 Å². The Hall–Kier alpha value is -1.98. The summed E-state index contributed by atoms with van der Waals surface area (Å²) >= 11 is 0. The molecule has 2 aromatic heterocycles. The van der Waals surface area contributed by atoms with Crippen LogP contribution in [-0.2, 0) is 0 Å². The van der Waals surface area contributed by atoms with E-state index in [1.807, 2.05) is 19.2 Å². The molecule has 3 heterocycles. The van der Waals surface area contributed by atoms with Crippen molar-refractivity contribution in [3.63, 3.8) is 0 Å². The number of piperidine rings is 1. The molecular formula is C15H21N5O. The summed E-state index contributed by atoms with van der Waals surface area (Å²) in [6.45, 7) is 8.00. The molecule has 1 aliphatic rings. The van der Waals surface area contributed by atoms with E-state index in [4.69, 9.17) is 4.52 Å². The third-order valence-electron chi connectivity index (χ3n) is 3.89. The Bertz CT molecular complexity index is 602. The van der Waals surface area contributed by atoms with Gasteiger partial charge in [0.15, 0.2) is 5.82 Å². The summed E-state index contributed by atoms with van der Waals surface area (Å²) in [6.07, 6.45) is 3.89. The average molecular weight is 287 g/mol. The van der Waals surface area contributed by atoms with Crippen LogP contribution in [0.3, 0.4) is 0 Å². The van der Waals surface area contributed by atoms with Gasteiger partial charge in [-0.1, -0.05) is 19.0 Å². The van der Waals surface area contributed by atoms with Crippen molar-refractivity contribution in [1.29, 1.82) is 0 Å². The summed E-state index contributed by atoms with van der Waals surface area (Å²) < 4.78 is 5.29. The van der Waals surface area contributed by atoms with Gasteiger partial charge in [0, 0.05) is 31.1 Å². The van der Waals surface area contributed by atoms with Gasteiger partial charge < -0.3 is 9.42 Å². The molecule has 0 N–H and O–H groups in total. The molecule has 1 fully saturated rings. The SMILES string of the molecule is Cc1noc(C2CCN(c3ccnc(C(C)C)n3)CC2)n1. The van der Waals surface area contributed by atoms with E-state index in [1.165, 1.54) is 0 Å². The van der Waals surface area contributed by atoms with Crippen molar-refractivity contribution < 1.29 is 4.52 Å². The maximum Gasteiger partial charge on any atom is 0.229 e. The molecule has 0 unspecified atom stereocenters. The third kappa shape index (κ3) is 3.04. The highest BCUT2D eigenvalue weighted by Crippen LogP contribution is 2.29. The first-order valence-corrected chi connectivity index (χ1v) is 7.51. The summed E-state index contributed by atoms with van der Waals surface area (Å²) in [5, 5.41) is 3.88. The molecule has 0 bridgehead atoms. The first-order chi connectivity index (χ1) is 10.1. The van der Waals surface area contributed by atoms with Crippen LogP contribution in [0.4, 0.5) is 5.82 Å². The minimum atomic E-state index is 0.351. The lowest BCUT2D eigenvalue weighted by atomic mass is 9.97. The largest absolute Gasteiger partial charge is 0.356 e. The lowest BCUT2D eigenvalue weighted by Crippen LogP contribution is -2.33. The van der Waals surface area contributed by atoms with Gasteiger partial charge in [-0.2, -0.15) is 4.98 Å². The van der Waals surface area contributed by atoms with Crippen LogP contribution in [0.25, 0.3) is 0 Å². The number of hydrogen-bond donors (Lipinski definition) is 0.